The summed E-state index contributed by atoms with van der Waals surface area (Å²) in [6.45, 7) is 10.7. The Morgan fingerprint density at radius 3 is 1.61 bits per heavy atom. The van der Waals surface area contributed by atoms with Gasteiger partial charge in [-0.2, -0.15) is 0 Å². The number of hydrogen-bond acceptors (Lipinski definition) is 20. The number of thioether (sulfide) groups is 1. The van der Waals surface area contributed by atoms with Gasteiger partial charge in [0.05, 0.1) is 18.9 Å². The second-order valence-corrected chi connectivity index (χ2v) is 36.4. The van der Waals surface area contributed by atoms with Crippen LogP contribution in [0.25, 0.3) is 21.8 Å². The van der Waals surface area contributed by atoms with Gasteiger partial charge in [0.15, 0.2) is 0 Å². The fourth-order valence-electron chi connectivity index (χ4n) is 17.1. The Labute approximate surface area is 766 Å². The lowest BCUT2D eigenvalue weighted by Crippen LogP contribution is -2.61. The SMILES string of the molecule is CCCC[C@H]1C(=O)N(C)[C@@H](CCCC)C(=O)N[C@@H](CC(C)C)C(=O)N[C@H](C(=O)NCC(N)=O)CSCC(=O)N[C@@H](Cc2ccc(O)cc2)C(=O)N(C)[C@@H](C)C(=O)N[C@H]2CCC(=O)NCCCC[C@H](NC(=O)[C@@H]3CCCN3C2=O)C(=O)N[C@@H](CC(C)C)C(=O)N2CCC[C@H]2C(=O)N[C@@H](Cc2c[nH]c3ccccc23)C(=O)N[C@@H](CO)C(=O)N[C@@H](Cc2c[nH]c3ccccc23)C(=O)N1C. The summed E-state index contributed by atoms with van der Waals surface area (Å²) in [4.78, 5) is 263. The number of aromatic amines is 2. The van der Waals surface area contributed by atoms with E-state index < -0.39 is 204 Å². The number of H-pyrrole nitrogens is 2. The summed E-state index contributed by atoms with van der Waals surface area (Å²) in [7, 11) is 4.07. The Hall–Kier alpha value is -12.2. The second-order valence-electron chi connectivity index (χ2n) is 35.4. The number of rotatable bonds is 20. The number of carbonyl (C=O) groups is 17. The average molecular weight is 1840 g/mol. The van der Waals surface area contributed by atoms with Crippen molar-refractivity contribution in [3.8, 4) is 5.75 Å². The standard InChI is InChI=1S/C92H131N19O19S/c1-11-13-28-72-85(123)101-65(41-52(3)4)82(120)106-71(80(118)97-48-76(93)114)50-131-51-78(116)98-68(43-55-32-34-58(113)35-33-55)88(126)107(8)54(7)79(117)100-64-36-37-77(115)94-38-20-19-27-63(99-86(124)73-30-21-39-110(73)90(64)128)81(119)103-67(42-53(5)6)91(129)111-40-22-31-74(111)87(125)102-66(44-56-46-95-61-25-17-15-23-59(56)61)83(121)105-70(49-112)84(122)104-69(45-57-47-96-62-26-18-16-24-60(57)62)89(127)109(10)75(29-14-12-2)92(130)108(72)9/h15-18,23-26,32-35,46-47,52-54,63-75,95-96,112-113H,11-14,19-22,27-31,36-45,48-51H2,1-10H3,(H2,93,114)(H,94,115)(H,97,118)(H,98,116)(H,99,124)(H,100,117)(H,101,123)(H,102,125)(H,103,119)(H,104,122)(H,105,121)(H,106,120)/t54-,63-,64-,65-,66-,67-,68-,69-,70-,71-,72-,73-,74-,75-/m0/s1. The number of primary amides is 1. The lowest BCUT2D eigenvalue weighted by atomic mass is 9.99. The number of para-hydroxylation sites is 2. The van der Waals surface area contributed by atoms with Gasteiger partial charge in [0.25, 0.3) is 0 Å². The zero-order valence-corrected chi connectivity index (χ0v) is 77.3. The minimum absolute atomic E-state index is 0.00382. The highest BCUT2D eigenvalue weighted by atomic mass is 32.2. The number of phenols is 1. The Morgan fingerprint density at radius 1 is 0.496 bits per heavy atom. The molecule has 4 saturated heterocycles. The molecule has 6 heterocycles. The molecule has 2 bridgehead atoms. The topological polar surface area (TPSA) is 537 Å². The van der Waals surface area contributed by atoms with Crippen LogP contribution in [0.5, 0.6) is 5.75 Å². The summed E-state index contributed by atoms with van der Waals surface area (Å²) < 4.78 is 0. The molecular formula is C92H131N19O19S. The van der Waals surface area contributed by atoms with Gasteiger partial charge < -0.3 is 109 Å². The van der Waals surface area contributed by atoms with Crippen molar-refractivity contribution in [2.45, 2.75) is 261 Å². The molecule has 39 heteroatoms. The van der Waals surface area contributed by atoms with Crippen LogP contribution in [0.15, 0.2) is 85.2 Å². The summed E-state index contributed by atoms with van der Waals surface area (Å²) in [6.07, 6.45) is 5.41. The molecule has 0 aliphatic carbocycles. The maximum atomic E-state index is 15.7. The zero-order valence-electron chi connectivity index (χ0n) is 76.5. The summed E-state index contributed by atoms with van der Waals surface area (Å²) in [5.41, 5.74) is 8.36. The van der Waals surface area contributed by atoms with E-state index in [2.05, 4.69) is 68.5 Å². The van der Waals surface area contributed by atoms with E-state index in [1.807, 2.05) is 39.8 Å². The maximum Gasteiger partial charge on any atom is 0.245 e. The molecule has 9 rings (SSSR count). The summed E-state index contributed by atoms with van der Waals surface area (Å²) >= 11 is 0.825. The van der Waals surface area contributed by atoms with E-state index in [-0.39, 0.29) is 126 Å². The Bertz CT molecular complexity index is 4890. The van der Waals surface area contributed by atoms with Gasteiger partial charge >= 0.3 is 0 Å². The van der Waals surface area contributed by atoms with E-state index in [9.17, 15) is 48.6 Å². The van der Waals surface area contributed by atoms with E-state index in [4.69, 9.17) is 5.73 Å². The number of nitrogens with zero attached hydrogens (tertiary/aromatic N) is 5. The molecular weight excluding hydrogens is 1710 g/mol. The van der Waals surface area contributed by atoms with Crippen LogP contribution in [0.2, 0.25) is 0 Å². The van der Waals surface area contributed by atoms with E-state index >= 15 is 43.2 Å². The molecule has 3 aromatic carbocycles. The van der Waals surface area contributed by atoms with Crippen LogP contribution in [-0.2, 0) is 101 Å². The number of amides is 17. The summed E-state index contributed by atoms with van der Waals surface area (Å²) in [6, 6.07) is 0.240. The first kappa shape index (κ1) is 103. The number of aliphatic hydroxyl groups excluding tert-OH is 1. The molecule has 2 aromatic heterocycles. The summed E-state index contributed by atoms with van der Waals surface area (Å²) in [5, 5.41) is 53.0. The number of phenolic OH excluding ortho intramolecular Hbond substituents is 1. The number of aliphatic hydroxyl groups is 1. The third-order valence-electron chi connectivity index (χ3n) is 24.5. The van der Waals surface area contributed by atoms with Gasteiger partial charge in [-0.05, 0) is 137 Å². The van der Waals surface area contributed by atoms with Gasteiger partial charge in [0, 0.05) is 106 Å². The van der Waals surface area contributed by atoms with Gasteiger partial charge in [-0.3, -0.25) is 81.5 Å². The number of unbranched alkanes of at least 4 members (excludes halogenated alkanes) is 2. The van der Waals surface area contributed by atoms with Gasteiger partial charge in [0.1, 0.15) is 90.3 Å². The van der Waals surface area contributed by atoms with Crippen molar-refractivity contribution in [1.82, 2.24) is 93.0 Å². The minimum Gasteiger partial charge on any atom is -0.508 e. The molecule has 4 aliphatic rings. The number of carbonyl (C=O) groups excluding carboxylic acids is 17. The molecule has 17 N–H and O–H groups in total. The highest BCUT2D eigenvalue weighted by Crippen LogP contribution is 2.28. The molecule has 5 aromatic rings. The number of fused-ring (bicyclic) bond motifs is 6. The highest BCUT2D eigenvalue weighted by Gasteiger charge is 2.46. The zero-order chi connectivity index (χ0) is 95.4. The number of benzene rings is 3. The number of aromatic nitrogens is 2. The fraction of sp³-hybridized carbons (Fsp3) is 0.576. The molecule has 0 radical (unpaired) electrons. The third-order valence-corrected chi connectivity index (χ3v) is 25.6. The first-order valence-corrected chi connectivity index (χ1v) is 46.7. The van der Waals surface area contributed by atoms with Crippen molar-refractivity contribution in [1.29, 1.82) is 0 Å². The number of hydrogen-bond donors (Lipinski definition) is 16. The number of nitrogens with one attached hydrogen (secondary N) is 13. The molecule has 14 atom stereocenters. The van der Waals surface area contributed by atoms with Crippen molar-refractivity contribution in [3.63, 3.8) is 0 Å². The fourth-order valence-corrected chi connectivity index (χ4v) is 17.9. The molecule has 0 spiro atoms. The van der Waals surface area contributed by atoms with Crippen LogP contribution >= 0.6 is 11.8 Å². The molecule has 38 nitrogen and oxygen atoms in total. The largest absolute Gasteiger partial charge is 0.508 e. The first-order valence-electron chi connectivity index (χ1n) is 45.5. The number of likely N-dealkylation sites (N-methyl/N-ethyl adjacent to an activating group) is 3. The molecule has 0 saturated carbocycles. The lowest BCUT2D eigenvalue weighted by Gasteiger charge is -2.36. The number of nitrogens with two attached hydrogens (primary N) is 1. The van der Waals surface area contributed by atoms with Crippen molar-refractivity contribution in [2.24, 2.45) is 17.6 Å². The van der Waals surface area contributed by atoms with Crippen LogP contribution in [-0.4, -0.2) is 295 Å². The maximum absolute atomic E-state index is 15.7. The monoisotopic (exact) mass is 1840 g/mol. The predicted octanol–water partition coefficient (Wildman–Crippen LogP) is 1.12. The van der Waals surface area contributed by atoms with Crippen LogP contribution in [0.1, 0.15) is 174 Å². The van der Waals surface area contributed by atoms with Gasteiger partial charge in [-0.1, -0.05) is 116 Å². The summed E-state index contributed by atoms with van der Waals surface area (Å²) in [5.74, 6) is -15.2. The highest BCUT2D eigenvalue weighted by molar-refractivity contribution is 8.00. The normalized spacial score (nSPS) is 25.6. The third kappa shape index (κ3) is 28.4. The van der Waals surface area contributed by atoms with E-state index in [0.717, 1.165) is 16.7 Å². The molecule has 0 unspecified atom stereocenters. The van der Waals surface area contributed by atoms with Crippen molar-refractivity contribution in [2.75, 3.05) is 65.4 Å². The minimum atomic E-state index is -1.82. The van der Waals surface area contributed by atoms with Crippen LogP contribution in [0.4, 0.5) is 0 Å². The van der Waals surface area contributed by atoms with E-state index in [1.165, 1.54) is 71.9 Å². The molecule has 714 valence electrons. The Morgan fingerprint density at radius 2 is 1.01 bits per heavy atom. The van der Waals surface area contributed by atoms with Gasteiger partial charge in [0.2, 0.25) is 100 Å². The van der Waals surface area contributed by atoms with Gasteiger partial charge in [-0.15, -0.1) is 11.8 Å². The van der Waals surface area contributed by atoms with Crippen LogP contribution in [0, 0.1) is 11.8 Å². The predicted molar refractivity (Wildman–Crippen MR) is 489 cm³/mol. The van der Waals surface area contributed by atoms with Crippen molar-refractivity contribution in [3.05, 3.63) is 102 Å². The Balaban J connectivity index is 1.09. The smallest absolute Gasteiger partial charge is 0.245 e. The first-order chi connectivity index (χ1) is 62.5. The number of aromatic hydroxyl groups is 1. The lowest BCUT2D eigenvalue weighted by molar-refractivity contribution is -0.149. The Kier molecular flexibility index (Phi) is 38.5. The quantitative estimate of drug-likeness (QED) is 0.0519. The van der Waals surface area contributed by atoms with Gasteiger partial charge in [-0.25, -0.2) is 0 Å². The second kappa shape index (κ2) is 49.2. The van der Waals surface area contributed by atoms with Crippen molar-refractivity contribution >= 4 is 134 Å². The molecule has 17 amide bonds. The molecule has 4 fully saturated rings. The van der Waals surface area contributed by atoms with Crippen LogP contribution in [0.3, 0.4) is 0 Å². The van der Waals surface area contributed by atoms with E-state index in [0.29, 0.717) is 83.4 Å². The molecule has 4 aliphatic heterocycles. The molecule has 131 heavy (non-hydrogen) atoms. The average Bonchev–Trinajstić information content (AvgIpc) is 1.79. The van der Waals surface area contributed by atoms with E-state index in [1.54, 1.807) is 62.6 Å². The van der Waals surface area contributed by atoms with Crippen molar-refractivity contribution < 1.29 is 91.7 Å². The van der Waals surface area contributed by atoms with Crippen LogP contribution < -0.4 is 64.2 Å².